The van der Waals surface area contributed by atoms with Gasteiger partial charge in [-0.3, -0.25) is 44.2 Å². The number of nitro benzene ring substituents is 2. The molecule has 2 aliphatic rings. The van der Waals surface area contributed by atoms with Gasteiger partial charge in [0.1, 0.15) is 17.3 Å². The van der Waals surface area contributed by atoms with Crippen LogP contribution in [0.5, 0.6) is 0 Å². The van der Waals surface area contributed by atoms with Crippen molar-refractivity contribution in [2.24, 2.45) is 5.92 Å². The van der Waals surface area contributed by atoms with Gasteiger partial charge in [-0.25, -0.2) is 16.8 Å². The minimum atomic E-state index is -3.70. The molecule has 0 saturated heterocycles. The van der Waals surface area contributed by atoms with Gasteiger partial charge in [0.15, 0.2) is 48.6 Å². The number of nitrogens with zero attached hydrogens (tertiary/aromatic N) is 2. The first-order chi connectivity index (χ1) is 21.2. The highest BCUT2D eigenvalue weighted by atomic mass is 32.2. The van der Waals surface area contributed by atoms with E-state index in [1.54, 1.807) is 0 Å². The summed E-state index contributed by atoms with van der Waals surface area (Å²) >= 11 is 0. The van der Waals surface area contributed by atoms with Crippen LogP contribution in [0.2, 0.25) is 0 Å². The molecule has 2 aliphatic carbocycles. The quantitative estimate of drug-likeness (QED) is 0.0840. The number of sulfone groups is 2. The molecule has 1 N–H and O–H groups in total. The van der Waals surface area contributed by atoms with E-state index in [0.717, 1.165) is 48.9 Å². The second-order valence-electron chi connectivity index (χ2n) is 10.4. The van der Waals surface area contributed by atoms with E-state index in [4.69, 9.17) is 0 Å². The molecule has 0 heterocycles. The Hall–Kier alpha value is -4.97. The third-order valence-electron chi connectivity index (χ3n) is 7.06. The third kappa shape index (κ3) is 7.81. The van der Waals surface area contributed by atoms with Crippen LogP contribution in [0.3, 0.4) is 0 Å². The number of ketones is 5. The zero-order valence-corrected chi connectivity index (χ0v) is 25.9. The van der Waals surface area contributed by atoms with Crippen LogP contribution in [-0.2, 0) is 38.9 Å². The Balaban J connectivity index is 0.000000250. The summed E-state index contributed by atoms with van der Waals surface area (Å²) in [6.45, 7) is 0. The molecule has 0 aromatic heterocycles. The van der Waals surface area contributed by atoms with Crippen LogP contribution in [-0.4, -0.2) is 73.2 Å². The molecule has 0 spiro atoms. The normalized spacial score (nSPS) is 16.0. The van der Waals surface area contributed by atoms with E-state index in [1.165, 1.54) is 0 Å². The number of nitro groups is 2. The van der Waals surface area contributed by atoms with Crippen molar-refractivity contribution in [1.82, 2.24) is 0 Å². The summed E-state index contributed by atoms with van der Waals surface area (Å²) in [5.74, 6) is -5.56. The first-order valence-corrected chi connectivity index (χ1v) is 17.1. The summed E-state index contributed by atoms with van der Waals surface area (Å²) < 4.78 is 45.9. The minimum Gasteiger partial charge on any atom is -0.506 e. The van der Waals surface area contributed by atoms with Crippen molar-refractivity contribution in [1.29, 1.82) is 0 Å². The molecule has 0 aliphatic heterocycles. The van der Waals surface area contributed by atoms with E-state index in [0.29, 0.717) is 12.8 Å². The van der Waals surface area contributed by atoms with Gasteiger partial charge in [0, 0.05) is 50.3 Å². The molecule has 0 radical (unpaired) electrons. The molecular formula is C28H26N2O14S2. The first-order valence-electron chi connectivity index (χ1n) is 13.3. The Morgan fingerprint density at radius 2 is 1.11 bits per heavy atom. The van der Waals surface area contributed by atoms with E-state index >= 15 is 0 Å². The average molecular weight is 679 g/mol. The van der Waals surface area contributed by atoms with E-state index in [2.05, 4.69) is 0 Å². The van der Waals surface area contributed by atoms with E-state index < -0.39 is 92.6 Å². The highest BCUT2D eigenvalue weighted by Gasteiger charge is 2.39. The van der Waals surface area contributed by atoms with Crippen molar-refractivity contribution in [3.8, 4) is 0 Å². The van der Waals surface area contributed by atoms with Gasteiger partial charge in [0.2, 0.25) is 0 Å². The van der Waals surface area contributed by atoms with Gasteiger partial charge < -0.3 is 5.11 Å². The zero-order valence-electron chi connectivity index (χ0n) is 24.2. The molecular weight excluding hydrogens is 652 g/mol. The van der Waals surface area contributed by atoms with Gasteiger partial charge in [0.25, 0.3) is 11.4 Å². The topological polar surface area (TPSA) is 260 Å². The van der Waals surface area contributed by atoms with Crippen LogP contribution in [0.1, 0.15) is 54.4 Å². The molecule has 2 fully saturated rings. The van der Waals surface area contributed by atoms with Gasteiger partial charge in [-0.1, -0.05) is 0 Å². The van der Waals surface area contributed by atoms with Gasteiger partial charge in [-0.2, -0.15) is 0 Å². The van der Waals surface area contributed by atoms with Crippen LogP contribution in [0.25, 0.3) is 5.76 Å². The average Bonchev–Trinajstić information content (AvgIpc) is 2.95. The predicted molar refractivity (Wildman–Crippen MR) is 158 cm³/mol. The van der Waals surface area contributed by atoms with Crippen molar-refractivity contribution in [3.63, 3.8) is 0 Å². The Labute approximate surface area is 261 Å². The Bertz CT molecular complexity index is 1930. The Morgan fingerprint density at radius 3 is 1.52 bits per heavy atom. The first kappa shape index (κ1) is 35.5. The fourth-order valence-electron chi connectivity index (χ4n) is 4.76. The smallest absolute Gasteiger partial charge is 0.281 e. The molecule has 0 amide bonds. The van der Waals surface area contributed by atoms with Crippen LogP contribution >= 0.6 is 0 Å². The molecule has 2 saturated carbocycles. The molecule has 0 atom stereocenters. The monoisotopic (exact) mass is 678 g/mol. The summed E-state index contributed by atoms with van der Waals surface area (Å²) in [6, 6.07) is 5.68. The van der Waals surface area contributed by atoms with Gasteiger partial charge in [-0.15, -0.1) is 0 Å². The standard InChI is InChI=1S/2C14H13NO7S/c2*1-23(21,22)8-5-6-9(10(7-8)15(19)20)14(18)13-11(16)3-2-4-12(13)17/h5-7,18H,2-4H2,1H3;5-7,13H,2-4H2,1H3. The van der Waals surface area contributed by atoms with Crippen LogP contribution in [0.4, 0.5) is 11.4 Å². The highest BCUT2D eigenvalue weighted by molar-refractivity contribution is 7.91. The lowest BCUT2D eigenvalue weighted by Gasteiger charge is -2.18. The maximum Gasteiger partial charge on any atom is 0.281 e. The van der Waals surface area contributed by atoms with Crippen LogP contribution < -0.4 is 0 Å². The number of aliphatic hydroxyl groups excluding tert-OH is 1. The number of hydrogen-bond acceptors (Lipinski definition) is 14. The van der Waals surface area contributed by atoms with Crippen molar-refractivity contribution in [2.45, 2.75) is 48.3 Å². The molecule has 0 bridgehead atoms. The van der Waals surface area contributed by atoms with Gasteiger partial charge in [0.05, 0.1) is 30.8 Å². The second-order valence-corrected chi connectivity index (χ2v) is 14.5. The Kier molecular flexibility index (Phi) is 10.5. The maximum atomic E-state index is 12.4. The number of benzene rings is 2. The molecule has 2 aromatic carbocycles. The number of carbonyl (C=O) groups is 5. The van der Waals surface area contributed by atoms with Gasteiger partial charge >= 0.3 is 0 Å². The predicted octanol–water partition coefficient (Wildman–Crippen LogP) is 2.71. The second kappa shape index (κ2) is 13.6. The summed E-state index contributed by atoms with van der Waals surface area (Å²) in [7, 11) is -7.38. The summed E-state index contributed by atoms with van der Waals surface area (Å²) in [5, 5.41) is 32.5. The van der Waals surface area contributed by atoms with Crippen molar-refractivity contribution in [3.05, 3.63) is 73.3 Å². The largest absolute Gasteiger partial charge is 0.506 e. The van der Waals surface area contributed by atoms with Crippen LogP contribution in [0.15, 0.2) is 51.8 Å². The maximum absolute atomic E-state index is 12.4. The molecule has 2 aromatic rings. The number of carbonyl (C=O) groups excluding carboxylic acids is 5. The number of Topliss-reactive ketones (excluding diaryl/α,β-unsaturated/α-hetero) is 5. The highest BCUT2D eigenvalue weighted by Crippen LogP contribution is 2.32. The van der Waals surface area contributed by atoms with Crippen molar-refractivity contribution < 1.29 is 55.8 Å². The third-order valence-corrected chi connectivity index (χ3v) is 9.28. The number of hydrogen-bond donors (Lipinski definition) is 1. The van der Waals surface area contributed by atoms with E-state index in [1.807, 2.05) is 0 Å². The SMILES string of the molecule is CS(=O)(=O)c1ccc(C(=O)C2C(=O)CCCC2=O)c([N+](=O)[O-])c1.CS(=O)(=O)c1ccc(C(O)=C2C(=O)CCCC2=O)c([N+](=O)[O-])c1. The fraction of sp³-hybridized carbons (Fsp3) is 0.321. The lowest BCUT2D eigenvalue weighted by molar-refractivity contribution is -0.385. The number of allylic oxidation sites excluding steroid dienone is 1. The fourth-order valence-corrected chi connectivity index (χ4v) is 6.04. The molecule has 4 rings (SSSR count). The van der Waals surface area contributed by atoms with Crippen molar-refractivity contribution in [2.75, 3.05) is 12.5 Å². The number of aliphatic hydroxyl groups is 1. The summed E-state index contributed by atoms with van der Waals surface area (Å²) in [6.07, 6.45) is 2.76. The van der Waals surface area contributed by atoms with E-state index in [9.17, 15) is 66.1 Å². The van der Waals surface area contributed by atoms with Gasteiger partial charge in [-0.05, 0) is 37.1 Å². The van der Waals surface area contributed by atoms with E-state index in [-0.39, 0.29) is 41.0 Å². The van der Waals surface area contributed by atoms with Crippen molar-refractivity contribution >= 4 is 65.7 Å². The lowest BCUT2D eigenvalue weighted by Crippen LogP contribution is -2.35. The Morgan fingerprint density at radius 1 is 0.717 bits per heavy atom. The minimum absolute atomic E-state index is 0.0668. The summed E-state index contributed by atoms with van der Waals surface area (Å²) in [4.78, 5) is 79.6. The molecule has 0 unspecified atom stereocenters. The van der Waals surface area contributed by atoms with Crippen LogP contribution in [0, 0.1) is 26.1 Å². The molecule has 18 heteroatoms. The molecule has 16 nitrogen and oxygen atoms in total. The summed E-state index contributed by atoms with van der Waals surface area (Å²) in [5.41, 5.74) is -2.68. The molecule has 46 heavy (non-hydrogen) atoms. The lowest BCUT2D eigenvalue weighted by atomic mass is 9.81. The molecule has 244 valence electrons. The number of rotatable bonds is 7. The zero-order chi connectivity index (χ0) is 34.7.